The van der Waals surface area contributed by atoms with Crippen molar-refractivity contribution < 1.29 is 4.52 Å². The molecule has 3 aromatic heterocycles. The molecule has 1 aromatic carbocycles. The zero-order valence-corrected chi connectivity index (χ0v) is 12.7. The first-order valence-corrected chi connectivity index (χ1v) is 7.48. The number of fused-ring (bicyclic) bond motifs is 1. The van der Waals surface area contributed by atoms with E-state index in [4.69, 9.17) is 4.52 Å². The fourth-order valence-electron chi connectivity index (χ4n) is 2.51. The van der Waals surface area contributed by atoms with Crippen LogP contribution in [-0.2, 0) is 12.8 Å². The fraction of sp³-hybridized carbons (Fsp3) is 0.176. The summed E-state index contributed by atoms with van der Waals surface area (Å²) in [7, 11) is 0. The molecule has 0 saturated heterocycles. The highest BCUT2D eigenvalue weighted by Gasteiger charge is 2.10. The van der Waals surface area contributed by atoms with Gasteiger partial charge in [-0.05, 0) is 31.0 Å². The van der Waals surface area contributed by atoms with Crippen LogP contribution in [0.2, 0.25) is 0 Å². The van der Waals surface area contributed by atoms with Gasteiger partial charge < -0.3 is 4.52 Å². The summed E-state index contributed by atoms with van der Waals surface area (Å²) in [5, 5.41) is 12.2. The van der Waals surface area contributed by atoms with E-state index >= 15 is 0 Å². The average Bonchev–Trinajstić information content (AvgIpc) is 3.21. The largest absolute Gasteiger partial charge is 0.339 e. The van der Waals surface area contributed by atoms with Crippen LogP contribution in [0.5, 0.6) is 0 Å². The molecule has 0 aliphatic heterocycles. The van der Waals surface area contributed by atoms with E-state index in [-0.39, 0.29) is 0 Å². The Labute approximate surface area is 132 Å². The number of rotatable bonds is 4. The topological polar surface area (TPSA) is 69.1 Å². The molecule has 23 heavy (non-hydrogen) atoms. The van der Waals surface area contributed by atoms with Crippen LogP contribution >= 0.6 is 0 Å². The Morgan fingerprint density at radius 1 is 1.00 bits per heavy atom. The van der Waals surface area contributed by atoms with Crippen LogP contribution in [0.25, 0.3) is 17.0 Å². The summed E-state index contributed by atoms with van der Waals surface area (Å²) in [5.74, 6) is 2.06. The molecule has 4 aromatic rings. The monoisotopic (exact) mass is 305 g/mol. The van der Waals surface area contributed by atoms with Crippen LogP contribution in [0.4, 0.5) is 0 Å². The Morgan fingerprint density at radius 3 is 2.74 bits per heavy atom. The molecule has 114 valence electrons. The van der Waals surface area contributed by atoms with Gasteiger partial charge in [-0.25, -0.2) is 0 Å². The van der Waals surface area contributed by atoms with E-state index in [2.05, 4.69) is 32.5 Å². The highest BCUT2D eigenvalue weighted by molar-refractivity contribution is 5.56. The quantitative estimate of drug-likeness (QED) is 0.580. The molecule has 0 N–H and O–H groups in total. The van der Waals surface area contributed by atoms with E-state index < -0.39 is 0 Å². The Morgan fingerprint density at radius 2 is 1.87 bits per heavy atom. The highest BCUT2D eigenvalue weighted by Crippen LogP contribution is 2.18. The third-order valence-electron chi connectivity index (χ3n) is 3.77. The van der Waals surface area contributed by atoms with Crippen molar-refractivity contribution in [3.05, 3.63) is 65.9 Å². The molecule has 0 unspecified atom stereocenters. The standard InChI is InChI=1S/C17H15N5O/c1-12-19-20-15-9-8-14(11-22(12)15)17-18-16(23-21-17)10-7-13-5-3-2-4-6-13/h2-6,8-9,11H,7,10H2,1H3. The zero-order valence-electron chi connectivity index (χ0n) is 12.7. The summed E-state index contributed by atoms with van der Waals surface area (Å²) in [6.45, 7) is 1.91. The minimum atomic E-state index is 0.586. The molecule has 0 aliphatic rings. The molecule has 6 heteroatoms. The molecule has 0 atom stereocenters. The predicted octanol–water partition coefficient (Wildman–Crippen LogP) is 2.87. The lowest BCUT2D eigenvalue weighted by Gasteiger charge is -1.98. The molecule has 6 nitrogen and oxygen atoms in total. The lowest BCUT2D eigenvalue weighted by molar-refractivity contribution is 0.379. The molecule has 0 fully saturated rings. The predicted molar refractivity (Wildman–Crippen MR) is 84.9 cm³/mol. The maximum atomic E-state index is 5.36. The van der Waals surface area contributed by atoms with Crippen LogP contribution in [0, 0.1) is 6.92 Å². The van der Waals surface area contributed by atoms with E-state index in [1.807, 2.05) is 47.9 Å². The van der Waals surface area contributed by atoms with Gasteiger partial charge in [-0.1, -0.05) is 35.5 Å². The Balaban J connectivity index is 1.55. The summed E-state index contributed by atoms with van der Waals surface area (Å²) in [6, 6.07) is 14.1. The highest BCUT2D eigenvalue weighted by atomic mass is 16.5. The first-order chi connectivity index (χ1) is 11.3. The smallest absolute Gasteiger partial charge is 0.227 e. The van der Waals surface area contributed by atoms with E-state index in [0.29, 0.717) is 11.7 Å². The van der Waals surface area contributed by atoms with Gasteiger partial charge in [0.05, 0.1) is 0 Å². The third-order valence-corrected chi connectivity index (χ3v) is 3.77. The van der Waals surface area contributed by atoms with Crippen molar-refractivity contribution in [3.8, 4) is 11.4 Å². The van der Waals surface area contributed by atoms with Gasteiger partial charge in [-0.2, -0.15) is 4.98 Å². The van der Waals surface area contributed by atoms with Crippen molar-refractivity contribution in [2.45, 2.75) is 19.8 Å². The van der Waals surface area contributed by atoms with Crippen LogP contribution in [0.3, 0.4) is 0 Å². The zero-order chi connectivity index (χ0) is 15.6. The van der Waals surface area contributed by atoms with Crippen LogP contribution in [-0.4, -0.2) is 24.7 Å². The molecule has 4 rings (SSSR count). The van der Waals surface area contributed by atoms with Gasteiger partial charge >= 0.3 is 0 Å². The Kier molecular flexibility index (Phi) is 3.34. The minimum Gasteiger partial charge on any atom is -0.339 e. The van der Waals surface area contributed by atoms with Crippen molar-refractivity contribution in [2.75, 3.05) is 0 Å². The molecule has 3 heterocycles. The van der Waals surface area contributed by atoms with Gasteiger partial charge in [-0.3, -0.25) is 4.40 Å². The van der Waals surface area contributed by atoms with Gasteiger partial charge in [0.15, 0.2) is 5.65 Å². The van der Waals surface area contributed by atoms with Gasteiger partial charge in [0, 0.05) is 18.2 Å². The van der Waals surface area contributed by atoms with Crippen LogP contribution in [0.1, 0.15) is 17.3 Å². The maximum Gasteiger partial charge on any atom is 0.227 e. The summed E-state index contributed by atoms with van der Waals surface area (Å²) in [6.07, 6.45) is 3.54. The molecule has 0 amide bonds. The van der Waals surface area contributed by atoms with E-state index in [9.17, 15) is 0 Å². The number of hydrogen-bond acceptors (Lipinski definition) is 5. The van der Waals surface area contributed by atoms with Crippen LogP contribution in [0.15, 0.2) is 53.2 Å². The maximum absolute atomic E-state index is 5.36. The normalized spacial score (nSPS) is 11.2. The average molecular weight is 305 g/mol. The van der Waals surface area contributed by atoms with E-state index in [0.717, 1.165) is 29.9 Å². The van der Waals surface area contributed by atoms with Crippen molar-refractivity contribution in [1.29, 1.82) is 0 Å². The van der Waals surface area contributed by atoms with Crippen molar-refractivity contribution in [2.24, 2.45) is 0 Å². The number of nitrogens with zero attached hydrogens (tertiary/aromatic N) is 5. The molecule has 0 radical (unpaired) electrons. The third kappa shape index (κ3) is 2.70. The van der Waals surface area contributed by atoms with Crippen LogP contribution < -0.4 is 0 Å². The van der Waals surface area contributed by atoms with Crippen molar-refractivity contribution >= 4 is 5.65 Å². The van der Waals surface area contributed by atoms with Crippen molar-refractivity contribution in [3.63, 3.8) is 0 Å². The Bertz CT molecular complexity index is 942. The number of pyridine rings is 1. The van der Waals surface area contributed by atoms with Gasteiger partial charge in [0.1, 0.15) is 5.82 Å². The minimum absolute atomic E-state index is 0.586. The van der Waals surface area contributed by atoms with Gasteiger partial charge in [-0.15, -0.1) is 10.2 Å². The second kappa shape index (κ2) is 5.64. The molecule has 0 spiro atoms. The second-order valence-corrected chi connectivity index (χ2v) is 5.39. The van der Waals surface area contributed by atoms with Gasteiger partial charge in [0.25, 0.3) is 0 Å². The van der Waals surface area contributed by atoms with E-state index in [1.165, 1.54) is 5.56 Å². The summed E-state index contributed by atoms with van der Waals surface area (Å²) < 4.78 is 7.27. The summed E-state index contributed by atoms with van der Waals surface area (Å²) >= 11 is 0. The van der Waals surface area contributed by atoms with Gasteiger partial charge in [0.2, 0.25) is 11.7 Å². The summed E-state index contributed by atoms with van der Waals surface area (Å²) in [5.41, 5.74) is 2.95. The molecular weight excluding hydrogens is 290 g/mol. The van der Waals surface area contributed by atoms with E-state index in [1.54, 1.807) is 0 Å². The first-order valence-electron chi connectivity index (χ1n) is 7.48. The number of hydrogen-bond donors (Lipinski definition) is 0. The second-order valence-electron chi connectivity index (χ2n) is 5.39. The fourth-order valence-corrected chi connectivity index (χ4v) is 2.51. The Hall–Kier alpha value is -3.02. The molecule has 0 saturated carbocycles. The molecular formula is C17H15N5O. The lowest BCUT2D eigenvalue weighted by atomic mass is 10.1. The number of aryl methyl sites for hydroxylation is 3. The summed E-state index contributed by atoms with van der Waals surface area (Å²) in [4.78, 5) is 4.48. The SMILES string of the molecule is Cc1nnc2ccc(-c3noc(CCc4ccccc4)n3)cn12. The number of aromatic nitrogens is 5. The molecule has 0 aliphatic carbocycles. The number of benzene rings is 1. The van der Waals surface area contributed by atoms with Crippen molar-refractivity contribution in [1.82, 2.24) is 24.7 Å². The molecule has 0 bridgehead atoms. The lowest BCUT2D eigenvalue weighted by Crippen LogP contribution is -1.92. The first kappa shape index (κ1) is 13.6.